The topological polar surface area (TPSA) is 66.5 Å². The van der Waals surface area contributed by atoms with Gasteiger partial charge in [0.1, 0.15) is 6.04 Å². The van der Waals surface area contributed by atoms with Crippen LogP contribution in [-0.4, -0.2) is 26.6 Å². The lowest BCUT2D eigenvalue weighted by Gasteiger charge is -2.30. The predicted molar refractivity (Wildman–Crippen MR) is 110 cm³/mol. The van der Waals surface area contributed by atoms with E-state index < -0.39 is 33.6 Å². The van der Waals surface area contributed by atoms with Crippen LogP contribution in [-0.2, 0) is 14.8 Å². The Balaban J connectivity index is 2.32. The Kier molecular flexibility index (Phi) is 7.00. The van der Waals surface area contributed by atoms with Gasteiger partial charge in [-0.25, -0.2) is 17.2 Å². The van der Waals surface area contributed by atoms with Crippen molar-refractivity contribution in [2.75, 3.05) is 10.6 Å². The van der Waals surface area contributed by atoms with Crippen molar-refractivity contribution in [3.8, 4) is 0 Å². The molecular weight excluding hydrogens is 398 g/mol. The van der Waals surface area contributed by atoms with Gasteiger partial charge in [-0.1, -0.05) is 25.1 Å². The molecule has 29 heavy (non-hydrogen) atoms. The van der Waals surface area contributed by atoms with Crippen molar-refractivity contribution < 1.29 is 22.0 Å². The van der Waals surface area contributed by atoms with Crippen LogP contribution in [0.1, 0.15) is 43.0 Å². The number of benzene rings is 2. The first-order valence-electron chi connectivity index (χ1n) is 9.27. The summed E-state index contributed by atoms with van der Waals surface area (Å²) in [5, 5.41) is 2.86. The van der Waals surface area contributed by atoms with E-state index in [4.69, 9.17) is 0 Å². The number of hydrogen-bond acceptors (Lipinski definition) is 3. The molecule has 0 bridgehead atoms. The summed E-state index contributed by atoms with van der Waals surface area (Å²) < 4.78 is 52.3. The standard InChI is InChI=1S/C21H26F2N2O3S/c1-6-20(16-8-7-13(2)14(3)11-16)24-21(26)15(4)25(29(5,27)28)17-9-10-18(22)19(23)12-17/h7-12,15,20H,6H2,1-5H3,(H,24,26)/t15-,20-/m1/s1. The highest BCUT2D eigenvalue weighted by molar-refractivity contribution is 7.92. The molecule has 0 heterocycles. The van der Waals surface area contributed by atoms with Gasteiger partial charge in [0.15, 0.2) is 11.6 Å². The van der Waals surface area contributed by atoms with Crippen molar-refractivity contribution in [3.63, 3.8) is 0 Å². The second kappa shape index (κ2) is 8.90. The monoisotopic (exact) mass is 424 g/mol. The van der Waals surface area contributed by atoms with Gasteiger partial charge in [-0.05, 0) is 56.0 Å². The molecule has 0 aliphatic rings. The van der Waals surface area contributed by atoms with Crippen LogP contribution in [0.5, 0.6) is 0 Å². The third-order valence-corrected chi connectivity index (χ3v) is 6.15. The van der Waals surface area contributed by atoms with Gasteiger partial charge in [0.05, 0.1) is 18.0 Å². The van der Waals surface area contributed by atoms with Crippen LogP contribution in [0.3, 0.4) is 0 Å². The van der Waals surface area contributed by atoms with Gasteiger partial charge >= 0.3 is 0 Å². The summed E-state index contributed by atoms with van der Waals surface area (Å²) in [6.45, 7) is 7.29. The Morgan fingerprint density at radius 3 is 2.24 bits per heavy atom. The Hall–Kier alpha value is -2.48. The van der Waals surface area contributed by atoms with Crippen LogP contribution in [0.2, 0.25) is 0 Å². The molecule has 2 atom stereocenters. The van der Waals surface area contributed by atoms with Crippen LogP contribution < -0.4 is 9.62 Å². The number of amides is 1. The summed E-state index contributed by atoms with van der Waals surface area (Å²) in [7, 11) is -3.93. The lowest BCUT2D eigenvalue weighted by molar-refractivity contribution is -0.122. The van der Waals surface area contributed by atoms with Gasteiger partial charge in [-0.2, -0.15) is 0 Å². The maximum absolute atomic E-state index is 13.7. The minimum atomic E-state index is -3.93. The minimum Gasteiger partial charge on any atom is -0.347 e. The number of aryl methyl sites for hydroxylation is 2. The van der Waals surface area contributed by atoms with E-state index in [0.717, 1.165) is 45.5 Å². The van der Waals surface area contributed by atoms with Gasteiger partial charge in [0.25, 0.3) is 0 Å². The first-order valence-corrected chi connectivity index (χ1v) is 11.1. The molecule has 158 valence electrons. The fourth-order valence-electron chi connectivity index (χ4n) is 3.13. The largest absolute Gasteiger partial charge is 0.347 e. The van der Waals surface area contributed by atoms with Gasteiger partial charge in [0, 0.05) is 6.07 Å². The quantitative estimate of drug-likeness (QED) is 0.731. The van der Waals surface area contributed by atoms with E-state index in [1.165, 1.54) is 6.92 Å². The third kappa shape index (κ3) is 5.32. The molecule has 1 N–H and O–H groups in total. The first-order chi connectivity index (χ1) is 13.5. The number of halogens is 2. The van der Waals surface area contributed by atoms with Crippen molar-refractivity contribution in [1.82, 2.24) is 5.32 Å². The molecule has 0 unspecified atom stereocenters. The Morgan fingerprint density at radius 1 is 1.07 bits per heavy atom. The molecular formula is C21H26F2N2O3S. The van der Waals surface area contributed by atoms with Crippen LogP contribution in [0, 0.1) is 25.5 Å². The molecule has 0 saturated carbocycles. The fourth-order valence-corrected chi connectivity index (χ4v) is 4.29. The lowest BCUT2D eigenvalue weighted by atomic mass is 9.99. The van der Waals surface area contributed by atoms with E-state index in [-0.39, 0.29) is 11.7 Å². The number of nitrogens with zero attached hydrogens (tertiary/aromatic N) is 1. The van der Waals surface area contributed by atoms with Crippen molar-refractivity contribution in [3.05, 3.63) is 64.7 Å². The molecule has 2 aromatic rings. The van der Waals surface area contributed by atoms with Gasteiger partial charge in [0.2, 0.25) is 15.9 Å². The lowest BCUT2D eigenvalue weighted by Crippen LogP contribution is -2.48. The van der Waals surface area contributed by atoms with Crippen LogP contribution >= 0.6 is 0 Å². The molecule has 0 aliphatic heterocycles. The molecule has 0 saturated heterocycles. The zero-order valence-corrected chi connectivity index (χ0v) is 18.0. The zero-order valence-electron chi connectivity index (χ0n) is 17.2. The minimum absolute atomic E-state index is 0.117. The van der Waals surface area contributed by atoms with Gasteiger partial charge in [-0.3, -0.25) is 9.10 Å². The molecule has 5 nitrogen and oxygen atoms in total. The predicted octanol–water partition coefficient (Wildman–Crippen LogP) is 4.00. The molecule has 2 rings (SSSR count). The first kappa shape index (κ1) is 22.8. The molecule has 0 radical (unpaired) electrons. The highest BCUT2D eigenvalue weighted by Gasteiger charge is 2.31. The maximum atomic E-state index is 13.7. The van der Waals surface area contributed by atoms with Crippen LogP contribution in [0.4, 0.5) is 14.5 Å². The van der Waals surface area contributed by atoms with Crippen molar-refractivity contribution in [1.29, 1.82) is 0 Å². The Bertz CT molecular complexity index is 1010. The average Bonchev–Trinajstić information content (AvgIpc) is 2.63. The highest BCUT2D eigenvalue weighted by Crippen LogP contribution is 2.25. The normalized spacial score (nSPS) is 13.6. The number of nitrogens with one attached hydrogen (secondary N) is 1. The maximum Gasteiger partial charge on any atom is 0.244 e. The molecule has 0 aromatic heterocycles. The highest BCUT2D eigenvalue weighted by atomic mass is 32.2. The van der Waals surface area contributed by atoms with Gasteiger partial charge < -0.3 is 5.32 Å². The summed E-state index contributed by atoms with van der Waals surface area (Å²) in [5.41, 5.74) is 3.01. The van der Waals surface area contributed by atoms with E-state index in [9.17, 15) is 22.0 Å². The molecule has 8 heteroatoms. The molecule has 0 spiro atoms. The summed E-state index contributed by atoms with van der Waals surface area (Å²) in [6, 6.07) is 7.13. The number of carbonyl (C=O) groups excluding carboxylic acids is 1. The van der Waals surface area contributed by atoms with Crippen molar-refractivity contribution in [2.24, 2.45) is 0 Å². The zero-order chi connectivity index (χ0) is 21.9. The molecule has 0 fully saturated rings. The molecule has 0 aliphatic carbocycles. The third-order valence-electron chi connectivity index (χ3n) is 4.90. The molecule has 1 amide bonds. The number of anilines is 1. The van der Waals surface area contributed by atoms with E-state index in [0.29, 0.717) is 6.42 Å². The van der Waals surface area contributed by atoms with Gasteiger partial charge in [-0.15, -0.1) is 0 Å². The number of sulfonamides is 1. The summed E-state index contributed by atoms with van der Waals surface area (Å²) in [4.78, 5) is 12.9. The van der Waals surface area contributed by atoms with Crippen molar-refractivity contribution >= 4 is 21.6 Å². The second-order valence-electron chi connectivity index (χ2n) is 7.15. The van der Waals surface area contributed by atoms with E-state index >= 15 is 0 Å². The Labute approximate surface area is 170 Å². The number of carbonyl (C=O) groups is 1. The molecule has 2 aromatic carbocycles. The number of rotatable bonds is 7. The Morgan fingerprint density at radius 2 is 1.72 bits per heavy atom. The van der Waals surface area contributed by atoms with Crippen molar-refractivity contribution in [2.45, 2.75) is 46.2 Å². The SMILES string of the molecule is CC[C@@H](NC(=O)[C@@H](C)N(c1ccc(F)c(F)c1)S(C)(=O)=O)c1ccc(C)c(C)c1. The fraction of sp³-hybridized carbons (Fsp3) is 0.381. The summed E-state index contributed by atoms with van der Waals surface area (Å²) in [5.74, 6) is -2.82. The van der Waals surface area contributed by atoms with E-state index in [2.05, 4.69) is 5.32 Å². The van der Waals surface area contributed by atoms with Crippen LogP contribution in [0.25, 0.3) is 0 Å². The smallest absolute Gasteiger partial charge is 0.244 e. The second-order valence-corrected chi connectivity index (χ2v) is 9.01. The average molecular weight is 425 g/mol. The summed E-state index contributed by atoms with van der Waals surface area (Å²) >= 11 is 0. The van der Waals surface area contributed by atoms with Crippen LogP contribution in [0.15, 0.2) is 36.4 Å². The summed E-state index contributed by atoms with van der Waals surface area (Å²) in [6.07, 6.45) is 1.52. The van der Waals surface area contributed by atoms with E-state index in [1.807, 2.05) is 39.0 Å². The number of hydrogen-bond donors (Lipinski definition) is 1. The van der Waals surface area contributed by atoms with E-state index in [1.54, 1.807) is 0 Å².